The molecular formula is C22H15NO4. The molecule has 0 fully saturated rings. The fourth-order valence-corrected chi connectivity index (χ4v) is 3.25. The number of aldehydes is 1. The van der Waals surface area contributed by atoms with Crippen LogP contribution in [0.2, 0.25) is 0 Å². The standard InChI is InChI=1S/C22H15NO4/c24-13-19-18-12-17(26)10-11-20(18)23(22(27)15-4-2-1-3-5-15)21(19)14-6-8-16(25)9-7-14/h1-13,25-26H. The quantitative estimate of drug-likeness (QED) is 0.538. The Bertz CT molecular complexity index is 1160. The maximum absolute atomic E-state index is 13.3. The summed E-state index contributed by atoms with van der Waals surface area (Å²) in [6, 6.07) is 19.6. The van der Waals surface area contributed by atoms with Gasteiger partial charge in [0.05, 0.1) is 11.2 Å². The lowest BCUT2D eigenvalue weighted by atomic mass is 10.1. The number of rotatable bonds is 3. The smallest absolute Gasteiger partial charge is 0.262 e. The van der Waals surface area contributed by atoms with Gasteiger partial charge < -0.3 is 10.2 Å². The van der Waals surface area contributed by atoms with Crippen molar-refractivity contribution in [2.45, 2.75) is 0 Å². The van der Waals surface area contributed by atoms with Crippen LogP contribution < -0.4 is 0 Å². The molecule has 1 aromatic heterocycles. The van der Waals surface area contributed by atoms with Crippen molar-refractivity contribution >= 4 is 23.1 Å². The highest BCUT2D eigenvalue weighted by Gasteiger charge is 2.23. The Kier molecular flexibility index (Phi) is 3.97. The molecule has 0 aliphatic heterocycles. The Morgan fingerprint density at radius 3 is 2.19 bits per heavy atom. The summed E-state index contributed by atoms with van der Waals surface area (Å²) >= 11 is 0. The lowest BCUT2D eigenvalue weighted by Gasteiger charge is -2.11. The van der Waals surface area contributed by atoms with Gasteiger partial charge in [-0.1, -0.05) is 18.2 Å². The van der Waals surface area contributed by atoms with Gasteiger partial charge in [0.25, 0.3) is 5.91 Å². The van der Waals surface area contributed by atoms with E-state index in [0.29, 0.717) is 39.6 Å². The number of aromatic nitrogens is 1. The third-order valence-electron chi connectivity index (χ3n) is 4.47. The number of benzene rings is 3. The molecule has 0 radical (unpaired) electrons. The van der Waals surface area contributed by atoms with Crippen molar-refractivity contribution in [2.75, 3.05) is 0 Å². The number of aromatic hydroxyl groups is 2. The van der Waals surface area contributed by atoms with Gasteiger partial charge in [-0.25, -0.2) is 0 Å². The molecule has 132 valence electrons. The Morgan fingerprint density at radius 1 is 0.852 bits per heavy atom. The predicted molar refractivity (Wildman–Crippen MR) is 102 cm³/mol. The van der Waals surface area contributed by atoms with Gasteiger partial charge in [0.2, 0.25) is 0 Å². The normalized spacial score (nSPS) is 10.8. The van der Waals surface area contributed by atoms with Crippen LogP contribution in [0.5, 0.6) is 11.5 Å². The zero-order valence-corrected chi connectivity index (χ0v) is 14.2. The van der Waals surface area contributed by atoms with E-state index in [1.54, 1.807) is 42.5 Å². The monoisotopic (exact) mass is 357 g/mol. The summed E-state index contributed by atoms with van der Waals surface area (Å²) in [4.78, 5) is 25.2. The first-order valence-corrected chi connectivity index (χ1v) is 8.32. The van der Waals surface area contributed by atoms with Crippen molar-refractivity contribution in [3.8, 4) is 22.8 Å². The predicted octanol–water partition coefficient (Wildman–Crippen LogP) is 4.22. The minimum Gasteiger partial charge on any atom is -0.508 e. The van der Waals surface area contributed by atoms with Crippen LogP contribution in [0.1, 0.15) is 20.7 Å². The van der Waals surface area contributed by atoms with Gasteiger partial charge in [0, 0.05) is 16.5 Å². The number of phenolic OH excluding ortho intramolecular Hbond substituents is 2. The number of phenols is 2. The SMILES string of the molecule is O=Cc1c(-c2ccc(O)cc2)n(C(=O)c2ccccc2)c2ccc(O)cc12. The Hall–Kier alpha value is -3.86. The van der Waals surface area contributed by atoms with Crippen LogP contribution in [-0.4, -0.2) is 27.0 Å². The fourth-order valence-electron chi connectivity index (χ4n) is 3.25. The molecule has 4 rings (SSSR count). The zero-order chi connectivity index (χ0) is 19.0. The summed E-state index contributed by atoms with van der Waals surface area (Å²) in [5.41, 5.74) is 2.32. The molecule has 4 aromatic rings. The molecule has 0 unspecified atom stereocenters. The van der Waals surface area contributed by atoms with Crippen LogP contribution in [0.25, 0.3) is 22.2 Å². The highest BCUT2D eigenvalue weighted by Crippen LogP contribution is 2.35. The molecule has 5 nitrogen and oxygen atoms in total. The summed E-state index contributed by atoms with van der Waals surface area (Å²) in [7, 11) is 0. The van der Waals surface area contributed by atoms with Gasteiger partial charge in [-0.05, 0) is 60.2 Å². The molecule has 0 amide bonds. The number of nitrogens with zero attached hydrogens (tertiary/aromatic N) is 1. The van der Waals surface area contributed by atoms with E-state index in [-0.39, 0.29) is 17.4 Å². The topological polar surface area (TPSA) is 79.5 Å². The van der Waals surface area contributed by atoms with Crippen molar-refractivity contribution in [1.82, 2.24) is 4.57 Å². The van der Waals surface area contributed by atoms with Crippen molar-refractivity contribution in [1.29, 1.82) is 0 Å². The molecule has 0 saturated heterocycles. The molecule has 0 saturated carbocycles. The molecule has 0 aliphatic carbocycles. The van der Waals surface area contributed by atoms with Gasteiger partial charge in [-0.2, -0.15) is 0 Å². The largest absolute Gasteiger partial charge is 0.508 e. The number of hydrogen-bond acceptors (Lipinski definition) is 4. The maximum atomic E-state index is 13.3. The first-order chi connectivity index (χ1) is 13.1. The minimum atomic E-state index is -0.289. The highest BCUT2D eigenvalue weighted by molar-refractivity contribution is 6.13. The first-order valence-electron chi connectivity index (χ1n) is 8.32. The molecule has 0 atom stereocenters. The second-order valence-electron chi connectivity index (χ2n) is 6.14. The molecule has 5 heteroatoms. The van der Waals surface area contributed by atoms with Gasteiger partial charge in [0.15, 0.2) is 6.29 Å². The number of carbonyl (C=O) groups excluding carboxylic acids is 2. The summed E-state index contributed by atoms with van der Waals surface area (Å²) in [6.45, 7) is 0. The Balaban J connectivity index is 2.09. The lowest BCUT2D eigenvalue weighted by Crippen LogP contribution is -2.13. The van der Waals surface area contributed by atoms with Crippen molar-refractivity contribution in [3.63, 3.8) is 0 Å². The van der Waals surface area contributed by atoms with Crippen molar-refractivity contribution < 1.29 is 19.8 Å². The molecular weight excluding hydrogens is 342 g/mol. The lowest BCUT2D eigenvalue weighted by molar-refractivity contribution is 0.0966. The molecule has 0 aliphatic rings. The molecule has 1 heterocycles. The van der Waals surface area contributed by atoms with Gasteiger partial charge >= 0.3 is 0 Å². The van der Waals surface area contributed by atoms with Crippen LogP contribution in [0.4, 0.5) is 0 Å². The van der Waals surface area contributed by atoms with Crippen LogP contribution in [0.3, 0.4) is 0 Å². The molecule has 3 aromatic carbocycles. The van der Waals surface area contributed by atoms with Crippen LogP contribution in [-0.2, 0) is 0 Å². The van der Waals surface area contributed by atoms with E-state index in [0.717, 1.165) is 0 Å². The second kappa shape index (κ2) is 6.46. The maximum Gasteiger partial charge on any atom is 0.262 e. The zero-order valence-electron chi connectivity index (χ0n) is 14.2. The van der Waals surface area contributed by atoms with E-state index in [1.165, 1.54) is 28.8 Å². The Labute approximate surface area is 154 Å². The first kappa shape index (κ1) is 16.6. The second-order valence-corrected chi connectivity index (χ2v) is 6.14. The third-order valence-corrected chi connectivity index (χ3v) is 4.47. The third kappa shape index (κ3) is 2.75. The van der Waals surface area contributed by atoms with Gasteiger partial charge in [-0.3, -0.25) is 14.2 Å². The average molecular weight is 357 g/mol. The Morgan fingerprint density at radius 2 is 1.52 bits per heavy atom. The minimum absolute atomic E-state index is 0.00664. The summed E-state index contributed by atoms with van der Waals surface area (Å²) < 4.78 is 1.47. The van der Waals surface area contributed by atoms with Crippen molar-refractivity contribution in [2.24, 2.45) is 0 Å². The summed E-state index contributed by atoms with van der Waals surface area (Å²) in [5.74, 6) is -0.198. The summed E-state index contributed by atoms with van der Waals surface area (Å²) in [5, 5.41) is 19.9. The molecule has 27 heavy (non-hydrogen) atoms. The fraction of sp³-hybridized carbons (Fsp3) is 0. The van der Waals surface area contributed by atoms with Crippen LogP contribution in [0, 0.1) is 0 Å². The van der Waals surface area contributed by atoms with E-state index in [1.807, 2.05) is 6.07 Å². The van der Waals surface area contributed by atoms with Gasteiger partial charge in [-0.15, -0.1) is 0 Å². The van der Waals surface area contributed by atoms with E-state index in [9.17, 15) is 19.8 Å². The van der Waals surface area contributed by atoms with E-state index in [2.05, 4.69) is 0 Å². The molecule has 0 bridgehead atoms. The van der Waals surface area contributed by atoms with E-state index < -0.39 is 0 Å². The number of carbonyl (C=O) groups is 2. The number of hydrogen-bond donors (Lipinski definition) is 2. The van der Waals surface area contributed by atoms with E-state index in [4.69, 9.17) is 0 Å². The van der Waals surface area contributed by atoms with Crippen LogP contribution in [0.15, 0.2) is 72.8 Å². The number of fused-ring (bicyclic) bond motifs is 1. The molecule has 0 spiro atoms. The molecule has 2 N–H and O–H groups in total. The van der Waals surface area contributed by atoms with Gasteiger partial charge in [0.1, 0.15) is 11.5 Å². The average Bonchev–Trinajstić information content (AvgIpc) is 3.02. The van der Waals surface area contributed by atoms with Crippen LogP contribution >= 0.6 is 0 Å². The summed E-state index contributed by atoms with van der Waals surface area (Å²) in [6.07, 6.45) is 0.679. The van der Waals surface area contributed by atoms with Crippen molar-refractivity contribution in [3.05, 3.63) is 83.9 Å². The van der Waals surface area contributed by atoms with E-state index >= 15 is 0 Å². The highest BCUT2D eigenvalue weighted by atomic mass is 16.3.